The van der Waals surface area contributed by atoms with Crippen molar-refractivity contribution in [2.45, 2.75) is 13.8 Å². The van der Waals surface area contributed by atoms with Crippen LogP contribution < -0.4 is 10.6 Å². The van der Waals surface area contributed by atoms with Crippen LogP contribution in [0, 0.1) is 11.8 Å². The molecule has 1 heterocycles. The Morgan fingerprint density at radius 2 is 2.17 bits per heavy atom. The Morgan fingerprint density at radius 1 is 1.44 bits per heavy atom. The van der Waals surface area contributed by atoms with Crippen molar-refractivity contribution in [1.82, 2.24) is 10.3 Å². The minimum Gasteiger partial charge on any atom is -0.481 e. The highest BCUT2D eigenvalue weighted by atomic mass is 16.4. The lowest BCUT2D eigenvalue weighted by atomic mass is 9.96. The average molecular weight is 251 g/mol. The van der Waals surface area contributed by atoms with E-state index in [0.29, 0.717) is 5.69 Å². The van der Waals surface area contributed by atoms with Crippen LogP contribution in [0.5, 0.6) is 0 Å². The van der Waals surface area contributed by atoms with Gasteiger partial charge >= 0.3 is 12.0 Å². The van der Waals surface area contributed by atoms with E-state index >= 15 is 0 Å². The van der Waals surface area contributed by atoms with Gasteiger partial charge in [0.1, 0.15) is 0 Å². The van der Waals surface area contributed by atoms with Gasteiger partial charge in [-0.15, -0.1) is 0 Å². The van der Waals surface area contributed by atoms with E-state index in [0.717, 1.165) is 0 Å². The molecule has 6 heteroatoms. The summed E-state index contributed by atoms with van der Waals surface area (Å²) in [5, 5.41) is 14.1. The van der Waals surface area contributed by atoms with E-state index in [1.807, 2.05) is 0 Å². The van der Waals surface area contributed by atoms with Crippen molar-refractivity contribution in [3.8, 4) is 0 Å². The van der Waals surface area contributed by atoms with Gasteiger partial charge in [0.25, 0.3) is 0 Å². The maximum absolute atomic E-state index is 11.5. The topological polar surface area (TPSA) is 91.3 Å². The van der Waals surface area contributed by atoms with Gasteiger partial charge in [0, 0.05) is 12.7 Å². The quantitative estimate of drug-likeness (QED) is 0.740. The first kappa shape index (κ1) is 14.0. The summed E-state index contributed by atoms with van der Waals surface area (Å²) in [6, 6.07) is 2.96. The molecule has 0 radical (unpaired) electrons. The number of pyridine rings is 1. The Bertz CT molecular complexity index is 406. The molecule has 0 aliphatic heterocycles. The van der Waals surface area contributed by atoms with E-state index in [2.05, 4.69) is 15.6 Å². The summed E-state index contributed by atoms with van der Waals surface area (Å²) in [6.45, 7) is 3.71. The Morgan fingerprint density at radius 3 is 2.67 bits per heavy atom. The monoisotopic (exact) mass is 251 g/mol. The zero-order valence-corrected chi connectivity index (χ0v) is 10.4. The van der Waals surface area contributed by atoms with Crippen LogP contribution in [0.3, 0.4) is 0 Å². The summed E-state index contributed by atoms with van der Waals surface area (Å²) in [5.74, 6) is -1.54. The summed E-state index contributed by atoms with van der Waals surface area (Å²) in [6.07, 6.45) is 3.11. The van der Waals surface area contributed by atoms with Gasteiger partial charge in [0.05, 0.1) is 17.8 Å². The Kier molecular flexibility index (Phi) is 5.10. The number of nitrogens with zero attached hydrogens (tertiary/aromatic N) is 1. The van der Waals surface area contributed by atoms with Crippen LogP contribution in [0.25, 0.3) is 0 Å². The molecular weight excluding hydrogens is 234 g/mol. The van der Waals surface area contributed by atoms with Crippen LogP contribution in [0.15, 0.2) is 24.5 Å². The van der Waals surface area contributed by atoms with E-state index in [9.17, 15) is 9.59 Å². The first-order chi connectivity index (χ1) is 8.50. The van der Waals surface area contributed by atoms with Crippen molar-refractivity contribution in [3.63, 3.8) is 0 Å². The van der Waals surface area contributed by atoms with E-state index in [1.165, 1.54) is 6.20 Å². The van der Waals surface area contributed by atoms with Crippen LogP contribution >= 0.6 is 0 Å². The largest absolute Gasteiger partial charge is 0.481 e. The van der Waals surface area contributed by atoms with Crippen molar-refractivity contribution in [2.75, 3.05) is 11.9 Å². The number of carbonyl (C=O) groups is 2. The molecule has 98 valence electrons. The maximum Gasteiger partial charge on any atom is 0.319 e. The molecule has 0 aromatic carbocycles. The molecule has 0 saturated carbocycles. The Balaban J connectivity index is 2.44. The predicted octanol–water partition coefficient (Wildman–Crippen LogP) is 1.56. The Labute approximate surface area is 105 Å². The van der Waals surface area contributed by atoms with Crippen LogP contribution in [0.2, 0.25) is 0 Å². The molecule has 1 atom stereocenters. The van der Waals surface area contributed by atoms with E-state index in [1.54, 1.807) is 32.2 Å². The second kappa shape index (κ2) is 6.58. The van der Waals surface area contributed by atoms with Crippen molar-refractivity contribution < 1.29 is 14.7 Å². The molecule has 0 fully saturated rings. The lowest BCUT2D eigenvalue weighted by Gasteiger charge is -2.16. The van der Waals surface area contributed by atoms with Crippen LogP contribution in [-0.4, -0.2) is 28.6 Å². The minimum atomic E-state index is -0.910. The van der Waals surface area contributed by atoms with Crippen molar-refractivity contribution in [3.05, 3.63) is 24.5 Å². The Hall–Kier alpha value is -2.11. The normalized spacial score (nSPS) is 11.9. The lowest BCUT2D eigenvalue weighted by Crippen LogP contribution is -2.37. The number of carboxylic acids is 1. The van der Waals surface area contributed by atoms with Gasteiger partial charge in [-0.05, 0) is 18.1 Å². The van der Waals surface area contributed by atoms with Crippen LogP contribution in [-0.2, 0) is 4.79 Å². The third kappa shape index (κ3) is 4.40. The number of rotatable bonds is 5. The number of urea groups is 1. The second-order valence-corrected chi connectivity index (χ2v) is 4.27. The van der Waals surface area contributed by atoms with E-state index in [4.69, 9.17) is 5.11 Å². The molecular formula is C12H17N3O3. The van der Waals surface area contributed by atoms with Gasteiger partial charge in [0.15, 0.2) is 0 Å². The number of aliphatic carboxylic acids is 1. The highest BCUT2D eigenvalue weighted by Crippen LogP contribution is 2.09. The van der Waals surface area contributed by atoms with E-state index in [-0.39, 0.29) is 12.5 Å². The smallest absolute Gasteiger partial charge is 0.319 e. The average Bonchev–Trinajstić information content (AvgIpc) is 2.29. The molecule has 0 aliphatic carbocycles. The fourth-order valence-corrected chi connectivity index (χ4v) is 1.42. The highest BCUT2D eigenvalue weighted by molar-refractivity contribution is 5.89. The second-order valence-electron chi connectivity index (χ2n) is 4.27. The molecule has 0 bridgehead atoms. The predicted molar refractivity (Wildman–Crippen MR) is 67.2 cm³/mol. The van der Waals surface area contributed by atoms with Crippen molar-refractivity contribution in [2.24, 2.45) is 11.8 Å². The molecule has 0 spiro atoms. The number of anilines is 1. The number of hydrogen-bond acceptors (Lipinski definition) is 3. The standard InChI is InChI=1S/C12H17N3O3/c1-8(2)10(11(16)17)7-14-12(18)15-9-4-3-5-13-6-9/h3-6,8,10H,7H2,1-2H3,(H,16,17)(H2,14,15,18). The molecule has 1 aromatic heterocycles. The summed E-state index contributed by atoms with van der Waals surface area (Å²) < 4.78 is 0. The number of carboxylic acid groups (broad SMARTS) is 1. The van der Waals surface area contributed by atoms with E-state index < -0.39 is 17.9 Å². The minimum absolute atomic E-state index is 0.0406. The number of aromatic nitrogens is 1. The first-order valence-corrected chi connectivity index (χ1v) is 5.68. The molecule has 3 N–H and O–H groups in total. The van der Waals surface area contributed by atoms with Crippen LogP contribution in [0.1, 0.15) is 13.8 Å². The summed E-state index contributed by atoms with van der Waals surface area (Å²) >= 11 is 0. The fourth-order valence-electron chi connectivity index (χ4n) is 1.42. The van der Waals surface area contributed by atoms with Gasteiger partial charge in [-0.1, -0.05) is 13.8 Å². The number of amides is 2. The molecule has 2 amide bonds. The fraction of sp³-hybridized carbons (Fsp3) is 0.417. The third-order valence-electron chi connectivity index (χ3n) is 2.52. The molecule has 1 rings (SSSR count). The van der Waals surface area contributed by atoms with Gasteiger partial charge in [-0.3, -0.25) is 9.78 Å². The number of nitrogens with one attached hydrogen (secondary N) is 2. The number of hydrogen-bond donors (Lipinski definition) is 3. The third-order valence-corrected chi connectivity index (χ3v) is 2.52. The zero-order valence-electron chi connectivity index (χ0n) is 10.4. The van der Waals surface area contributed by atoms with Crippen molar-refractivity contribution >= 4 is 17.7 Å². The van der Waals surface area contributed by atoms with Gasteiger partial charge in [-0.2, -0.15) is 0 Å². The summed E-state index contributed by atoms with van der Waals surface area (Å²) in [4.78, 5) is 26.3. The van der Waals surface area contributed by atoms with Crippen LogP contribution in [0.4, 0.5) is 10.5 Å². The lowest BCUT2D eigenvalue weighted by molar-refractivity contribution is -0.142. The van der Waals surface area contributed by atoms with Gasteiger partial charge in [-0.25, -0.2) is 4.79 Å². The summed E-state index contributed by atoms with van der Waals surface area (Å²) in [7, 11) is 0. The maximum atomic E-state index is 11.5. The molecule has 6 nitrogen and oxygen atoms in total. The molecule has 0 saturated heterocycles. The molecule has 0 aliphatic rings. The summed E-state index contributed by atoms with van der Waals surface area (Å²) in [5.41, 5.74) is 0.562. The zero-order chi connectivity index (χ0) is 13.5. The molecule has 1 aromatic rings. The van der Waals surface area contributed by atoms with Crippen molar-refractivity contribution in [1.29, 1.82) is 0 Å². The SMILES string of the molecule is CC(C)C(CNC(=O)Nc1cccnc1)C(=O)O. The first-order valence-electron chi connectivity index (χ1n) is 5.68. The highest BCUT2D eigenvalue weighted by Gasteiger charge is 2.21. The number of carbonyl (C=O) groups excluding carboxylic acids is 1. The van der Waals surface area contributed by atoms with Gasteiger partial charge < -0.3 is 15.7 Å². The van der Waals surface area contributed by atoms with Gasteiger partial charge in [0.2, 0.25) is 0 Å². The molecule has 1 unspecified atom stereocenters. The molecule has 18 heavy (non-hydrogen) atoms.